The monoisotopic (exact) mass is 203 g/mol. The first kappa shape index (κ1) is 12.2. The quantitative estimate of drug-likeness (QED) is 0.761. The summed E-state index contributed by atoms with van der Waals surface area (Å²) in [6.45, 7) is 2.98. The molecule has 0 amide bonds. The summed E-state index contributed by atoms with van der Waals surface area (Å²) in [4.78, 5) is 4.53. The van der Waals surface area contributed by atoms with Gasteiger partial charge < -0.3 is 4.74 Å². The van der Waals surface area contributed by atoms with E-state index in [1.165, 1.54) is 0 Å². The number of rotatable bonds is 4. The standard InChI is InChI=1S/C9H13NO2.ClH/c1-2-11-9-6-4-3-5-8(9)7-12-10;/h3-6H,2,7,10H2,1H3;1H. The number of halogens is 1. The second kappa shape index (κ2) is 6.71. The smallest absolute Gasteiger partial charge is 0.124 e. The van der Waals surface area contributed by atoms with E-state index in [2.05, 4.69) is 4.84 Å². The molecule has 0 saturated carbocycles. The molecule has 0 aromatic heterocycles. The molecule has 74 valence electrons. The van der Waals surface area contributed by atoms with Crippen LogP contribution < -0.4 is 10.6 Å². The largest absolute Gasteiger partial charge is 0.494 e. The highest BCUT2D eigenvalue weighted by Crippen LogP contribution is 2.17. The van der Waals surface area contributed by atoms with Crippen LogP contribution in [-0.4, -0.2) is 6.61 Å². The molecule has 1 aromatic carbocycles. The van der Waals surface area contributed by atoms with Gasteiger partial charge in [0.1, 0.15) is 5.75 Å². The highest BCUT2D eigenvalue weighted by molar-refractivity contribution is 5.85. The van der Waals surface area contributed by atoms with Gasteiger partial charge in [0, 0.05) is 5.56 Å². The van der Waals surface area contributed by atoms with E-state index in [1.54, 1.807) is 0 Å². The van der Waals surface area contributed by atoms with Crippen molar-refractivity contribution < 1.29 is 9.57 Å². The Hall–Kier alpha value is -0.770. The summed E-state index contributed by atoms with van der Waals surface area (Å²) in [5, 5.41) is 0. The van der Waals surface area contributed by atoms with Crippen molar-refractivity contribution >= 4 is 12.4 Å². The van der Waals surface area contributed by atoms with E-state index in [-0.39, 0.29) is 12.4 Å². The van der Waals surface area contributed by atoms with Crippen LogP contribution in [0.3, 0.4) is 0 Å². The molecule has 0 aliphatic carbocycles. The van der Waals surface area contributed by atoms with Crippen LogP contribution in [0.5, 0.6) is 5.75 Å². The van der Waals surface area contributed by atoms with Gasteiger partial charge in [-0.3, -0.25) is 4.84 Å². The van der Waals surface area contributed by atoms with Gasteiger partial charge in [-0.25, -0.2) is 5.90 Å². The number of nitrogens with two attached hydrogens (primary N) is 1. The molecule has 0 radical (unpaired) electrons. The average Bonchev–Trinajstić information content (AvgIpc) is 2.09. The third-order valence-electron chi connectivity index (χ3n) is 1.51. The fraction of sp³-hybridized carbons (Fsp3) is 0.333. The molecule has 0 bridgehead atoms. The molecule has 0 fully saturated rings. The van der Waals surface area contributed by atoms with E-state index >= 15 is 0 Å². The SMILES string of the molecule is CCOc1ccccc1CON.Cl. The summed E-state index contributed by atoms with van der Waals surface area (Å²) in [7, 11) is 0. The molecule has 0 unspecified atom stereocenters. The number of para-hydroxylation sites is 1. The molecule has 13 heavy (non-hydrogen) atoms. The van der Waals surface area contributed by atoms with Gasteiger partial charge in [0.25, 0.3) is 0 Å². The molecule has 3 nitrogen and oxygen atoms in total. The maximum absolute atomic E-state index is 5.35. The van der Waals surface area contributed by atoms with E-state index in [9.17, 15) is 0 Å². The fourth-order valence-corrected chi connectivity index (χ4v) is 1.01. The Morgan fingerprint density at radius 2 is 2.00 bits per heavy atom. The first-order valence-corrected chi connectivity index (χ1v) is 3.91. The molecule has 0 aliphatic rings. The van der Waals surface area contributed by atoms with Crippen molar-refractivity contribution in [3.8, 4) is 5.75 Å². The predicted molar refractivity (Wildman–Crippen MR) is 53.8 cm³/mol. The van der Waals surface area contributed by atoms with Crippen molar-refractivity contribution in [1.82, 2.24) is 0 Å². The van der Waals surface area contributed by atoms with Gasteiger partial charge in [0.2, 0.25) is 0 Å². The van der Waals surface area contributed by atoms with Crippen molar-refractivity contribution in [1.29, 1.82) is 0 Å². The molecule has 0 spiro atoms. The van der Waals surface area contributed by atoms with Gasteiger partial charge in [-0.05, 0) is 13.0 Å². The second-order valence-electron chi connectivity index (χ2n) is 2.35. The third kappa shape index (κ3) is 3.63. The molecule has 4 heteroatoms. The van der Waals surface area contributed by atoms with Crippen molar-refractivity contribution in [2.24, 2.45) is 5.90 Å². The zero-order valence-electron chi connectivity index (χ0n) is 7.53. The van der Waals surface area contributed by atoms with Crippen LogP contribution >= 0.6 is 12.4 Å². The molecule has 0 aliphatic heterocycles. The van der Waals surface area contributed by atoms with Gasteiger partial charge in [0.15, 0.2) is 0 Å². The summed E-state index contributed by atoms with van der Waals surface area (Å²) in [5.41, 5.74) is 0.974. The van der Waals surface area contributed by atoms with Gasteiger partial charge in [-0.15, -0.1) is 12.4 Å². The third-order valence-corrected chi connectivity index (χ3v) is 1.51. The van der Waals surface area contributed by atoms with Crippen molar-refractivity contribution in [2.75, 3.05) is 6.61 Å². The van der Waals surface area contributed by atoms with Gasteiger partial charge in [0.05, 0.1) is 13.2 Å². The van der Waals surface area contributed by atoms with E-state index in [0.29, 0.717) is 13.2 Å². The predicted octanol–water partition coefficient (Wildman–Crippen LogP) is 1.90. The first-order chi connectivity index (χ1) is 5.88. The Balaban J connectivity index is 0.00000144. The number of hydrogen-bond donors (Lipinski definition) is 1. The highest BCUT2D eigenvalue weighted by atomic mass is 35.5. The van der Waals surface area contributed by atoms with Crippen LogP contribution in [0.25, 0.3) is 0 Å². The normalized spacial score (nSPS) is 9.08. The lowest BCUT2D eigenvalue weighted by Gasteiger charge is -2.07. The molecule has 2 N–H and O–H groups in total. The Bertz CT molecular complexity index is 218. The van der Waals surface area contributed by atoms with Crippen molar-refractivity contribution in [3.05, 3.63) is 29.8 Å². The number of ether oxygens (including phenoxy) is 1. The summed E-state index contributed by atoms with van der Waals surface area (Å²) in [6, 6.07) is 7.68. The molecular formula is C9H14ClNO2. The van der Waals surface area contributed by atoms with Crippen LogP contribution in [0, 0.1) is 0 Å². The maximum atomic E-state index is 5.35. The van der Waals surface area contributed by atoms with Crippen LogP contribution in [0.2, 0.25) is 0 Å². The van der Waals surface area contributed by atoms with Crippen LogP contribution in [0.4, 0.5) is 0 Å². The van der Waals surface area contributed by atoms with Crippen LogP contribution in [0.15, 0.2) is 24.3 Å². The minimum absolute atomic E-state index is 0. The summed E-state index contributed by atoms with van der Waals surface area (Å²) < 4.78 is 5.35. The Morgan fingerprint density at radius 3 is 2.62 bits per heavy atom. The molecule has 0 atom stereocenters. The van der Waals surface area contributed by atoms with Crippen LogP contribution in [0.1, 0.15) is 12.5 Å². The Labute approximate surface area is 84.2 Å². The maximum Gasteiger partial charge on any atom is 0.124 e. The fourth-order valence-electron chi connectivity index (χ4n) is 1.01. The van der Waals surface area contributed by atoms with Crippen LogP contribution in [-0.2, 0) is 11.4 Å². The zero-order valence-corrected chi connectivity index (χ0v) is 8.34. The average molecular weight is 204 g/mol. The minimum Gasteiger partial charge on any atom is -0.494 e. The second-order valence-corrected chi connectivity index (χ2v) is 2.35. The lowest BCUT2D eigenvalue weighted by atomic mass is 10.2. The molecular weight excluding hydrogens is 190 g/mol. The van der Waals surface area contributed by atoms with Gasteiger partial charge in [-0.1, -0.05) is 18.2 Å². The molecule has 1 aromatic rings. The number of benzene rings is 1. The molecule has 0 heterocycles. The first-order valence-electron chi connectivity index (χ1n) is 3.91. The highest BCUT2D eigenvalue weighted by Gasteiger charge is 2.00. The van der Waals surface area contributed by atoms with E-state index in [1.807, 2.05) is 31.2 Å². The zero-order chi connectivity index (χ0) is 8.81. The summed E-state index contributed by atoms with van der Waals surface area (Å²) >= 11 is 0. The van der Waals surface area contributed by atoms with Crippen molar-refractivity contribution in [2.45, 2.75) is 13.5 Å². The number of hydrogen-bond acceptors (Lipinski definition) is 3. The minimum atomic E-state index is 0. The van der Waals surface area contributed by atoms with Gasteiger partial charge >= 0.3 is 0 Å². The molecule has 1 rings (SSSR count). The Morgan fingerprint density at radius 1 is 1.31 bits per heavy atom. The molecule has 0 saturated heterocycles. The summed E-state index contributed by atoms with van der Waals surface area (Å²) in [6.07, 6.45) is 0. The van der Waals surface area contributed by atoms with E-state index in [4.69, 9.17) is 10.6 Å². The van der Waals surface area contributed by atoms with Gasteiger partial charge in [-0.2, -0.15) is 0 Å². The lowest BCUT2D eigenvalue weighted by molar-refractivity contribution is 0.121. The van der Waals surface area contributed by atoms with E-state index < -0.39 is 0 Å². The topological polar surface area (TPSA) is 44.5 Å². The lowest BCUT2D eigenvalue weighted by Crippen LogP contribution is -2.02. The summed E-state index contributed by atoms with van der Waals surface area (Å²) in [5.74, 6) is 5.81. The van der Waals surface area contributed by atoms with Crippen molar-refractivity contribution in [3.63, 3.8) is 0 Å². The Kier molecular flexibility index (Phi) is 6.32. The van der Waals surface area contributed by atoms with E-state index in [0.717, 1.165) is 11.3 Å².